The van der Waals surface area contributed by atoms with E-state index in [4.69, 9.17) is 10.3 Å². The van der Waals surface area contributed by atoms with Crippen LogP contribution in [-0.2, 0) is 4.74 Å². The zero-order valence-electron chi connectivity index (χ0n) is 11.1. The van der Waals surface area contributed by atoms with Crippen molar-refractivity contribution in [1.29, 1.82) is 0 Å². The number of benzene rings is 1. The highest BCUT2D eigenvalue weighted by Gasteiger charge is 2.15. The van der Waals surface area contributed by atoms with Gasteiger partial charge in [-0.1, -0.05) is 17.2 Å². The van der Waals surface area contributed by atoms with Gasteiger partial charge >= 0.3 is 5.97 Å². The second-order valence-electron chi connectivity index (χ2n) is 3.98. The number of ether oxygens (including phenoxy) is 1. The van der Waals surface area contributed by atoms with Gasteiger partial charge in [0, 0.05) is 10.6 Å². The molecule has 2 rings (SSSR count). The van der Waals surface area contributed by atoms with E-state index in [2.05, 4.69) is 15.1 Å². The molecule has 102 valence electrons. The van der Waals surface area contributed by atoms with Crippen molar-refractivity contribution >= 4 is 11.7 Å². The number of carbonyl (C=O) groups is 1. The summed E-state index contributed by atoms with van der Waals surface area (Å²) in [5.74, 6) is -0.387. The fourth-order valence-corrected chi connectivity index (χ4v) is 1.79. The Kier molecular flexibility index (Phi) is 4.02. The summed E-state index contributed by atoms with van der Waals surface area (Å²) in [6.07, 6.45) is 1.48. The molecule has 0 aliphatic carbocycles. The first-order valence-corrected chi connectivity index (χ1v) is 6.04. The topological polar surface area (TPSA) is 92.9 Å². The summed E-state index contributed by atoms with van der Waals surface area (Å²) in [4.78, 5) is 14.4. The largest absolute Gasteiger partial charge is 0.462 e. The van der Waals surface area contributed by atoms with Crippen LogP contribution in [0.4, 0.5) is 5.69 Å². The summed E-state index contributed by atoms with van der Waals surface area (Å²) in [6.45, 7) is 3.87. The molecule has 0 aliphatic rings. The van der Waals surface area contributed by atoms with Crippen LogP contribution in [0.3, 0.4) is 0 Å². The lowest BCUT2D eigenvalue weighted by atomic mass is 10.2. The molecule has 0 saturated heterocycles. The summed E-state index contributed by atoms with van der Waals surface area (Å²) in [5, 5.41) is 7.68. The Morgan fingerprint density at radius 3 is 2.75 bits per heavy atom. The molecular weight excluding hydrogens is 258 g/mol. The molecule has 0 N–H and O–H groups in total. The molecule has 0 amide bonds. The fourth-order valence-electron chi connectivity index (χ4n) is 1.79. The number of hydrogen-bond acceptors (Lipinski definition) is 4. The highest BCUT2D eigenvalue weighted by molar-refractivity contribution is 5.90. The molecule has 0 radical (unpaired) electrons. The van der Waals surface area contributed by atoms with Crippen molar-refractivity contribution in [3.63, 3.8) is 0 Å². The standard InChI is InChI=1S/C13H13N5O2/c1-3-20-13(19)12-8-15-18(9(12)2)11-6-4-10(5-7-11)16-17-14/h4-8H,3H2,1-2H3. The van der Waals surface area contributed by atoms with Crippen LogP contribution in [0.15, 0.2) is 35.6 Å². The molecule has 0 spiro atoms. The minimum atomic E-state index is -0.387. The van der Waals surface area contributed by atoms with E-state index in [1.54, 1.807) is 42.8 Å². The average Bonchev–Trinajstić information content (AvgIpc) is 2.82. The maximum atomic E-state index is 11.7. The summed E-state index contributed by atoms with van der Waals surface area (Å²) >= 11 is 0. The van der Waals surface area contributed by atoms with Crippen LogP contribution >= 0.6 is 0 Å². The normalized spacial score (nSPS) is 9.90. The quantitative estimate of drug-likeness (QED) is 0.369. The van der Waals surface area contributed by atoms with Crippen LogP contribution in [0.25, 0.3) is 16.1 Å². The zero-order valence-corrected chi connectivity index (χ0v) is 11.1. The number of carbonyl (C=O) groups excluding carboxylic acids is 1. The summed E-state index contributed by atoms with van der Waals surface area (Å²) in [6, 6.07) is 6.89. The average molecular weight is 271 g/mol. The van der Waals surface area contributed by atoms with E-state index < -0.39 is 0 Å². The molecule has 0 unspecified atom stereocenters. The molecule has 0 aliphatic heterocycles. The Bertz CT molecular complexity index is 669. The molecule has 0 saturated carbocycles. The Morgan fingerprint density at radius 1 is 1.45 bits per heavy atom. The molecule has 20 heavy (non-hydrogen) atoms. The van der Waals surface area contributed by atoms with Gasteiger partial charge in [-0.05, 0) is 31.5 Å². The van der Waals surface area contributed by atoms with Gasteiger partial charge in [0.2, 0.25) is 0 Å². The fraction of sp³-hybridized carbons (Fsp3) is 0.231. The van der Waals surface area contributed by atoms with Crippen LogP contribution in [-0.4, -0.2) is 22.4 Å². The monoisotopic (exact) mass is 271 g/mol. The van der Waals surface area contributed by atoms with Crippen molar-refractivity contribution in [2.24, 2.45) is 5.11 Å². The van der Waals surface area contributed by atoms with Gasteiger partial charge in [-0.15, -0.1) is 0 Å². The Labute approximate surface area is 115 Å². The van der Waals surface area contributed by atoms with Crippen LogP contribution in [0.1, 0.15) is 23.0 Å². The van der Waals surface area contributed by atoms with E-state index in [0.29, 0.717) is 23.6 Å². The minimum Gasteiger partial charge on any atom is -0.462 e. The Morgan fingerprint density at radius 2 is 2.15 bits per heavy atom. The van der Waals surface area contributed by atoms with Crippen molar-refractivity contribution in [3.8, 4) is 5.69 Å². The lowest BCUT2D eigenvalue weighted by molar-refractivity contribution is 0.0525. The summed E-state index contributed by atoms with van der Waals surface area (Å²) in [5.41, 5.74) is 10.8. The van der Waals surface area contributed by atoms with Crippen molar-refractivity contribution in [1.82, 2.24) is 9.78 Å². The minimum absolute atomic E-state index is 0.324. The smallest absolute Gasteiger partial charge is 0.341 e. The van der Waals surface area contributed by atoms with Gasteiger partial charge in [-0.25, -0.2) is 9.48 Å². The number of esters is 1. The van der Waals surface area contributed by atoms with Gasteiger partial charge in [0.1, 0.15) is 5.56 Å². The predicted molar refractivity (Wildman–Crippen MR) is 73.1 cm³/mol. The molecule has 1 aromatic heterocycles. The van der Waals surface area contributed by atoms with Gasteiger partial charge in [0.05, 0.1) is 24.2 Å². The molecule has 1 heterocycles. The molecule has 0 bridgehead atoms. The van der Waals surface area contributed by atoms with Crippen molar-refractivity contribution in [3.05, 3.63) is 52.2 Å². The highest BCUT2D eigenvalue weighted by atomic mass is 16.5. The zero-order chi connectivity index (χ0) is 14.5. The predicted octanol–water partition coefficient (Wildman–Crippen LogP) is 3.30. The number of rotatable bonds is 4. The first kappa shape index (κ1) is 13.6. The second-order valence-corrected chi connectivity index (χ2v) is 3.98. The number of aromatic nitrogens is 2. The lowest BCUT2D eigenvalue weighted by Gasteiger charge is -2.05. The highest BCUT2D eigenvalue weighted by Crippen LogP contribution is 2.19. The summed E-state index contributed by atoms with van der Waals surface area (Å²) < 4.78 is 6.59. The van der Waals surface area contributed by atoms with Crippen LogP contribution in [0, 0.1) is 6.92 Å². The SMILES string of the molecule is CCOC(=O)c1cnn(-c2ccc(N=[N+]=[N-])cc2)c1C. The van der Waals surface area contributed by atoms with E-state index in [1.165, 1.54) is 6.20 Å². The Hall–Kier alpha value is -2.79. The number of azide groups is 1. The third-order valence-corrected chi connectivity index (χ3v) is 2.76. The maximum absolute atomic E-state index is 11.7. The van der Waals surface area contributed by atoms with Gasteiger partial charge in [0.15, 0.2) is 0 Å². The van der Waals surface area contributed by atoms with Crippen LogP contribution in [0.5, 0.6) is 0 Å². The number of hydrogen-bond donors (Lipinski definition) is 0. The molecule has 7 heteroatoms. The van der Waals surface area contributed by atoms with Crippen molar-refractivity contribution in [2.75, 3.05) is 6.61 Å². The molecular formula is C13H13N5O2. The molecule has 7 nitrogen and oxygen atoms in total. The third kappa shape index (κ3) is 2.62. The van der Waals surface area contributed by atoms with E-state index in [0.717, 1.165) is 5.69 Å². The van der Waals surface area contributed by atoms with E-state index >= 15 is 0 Å². The van der Waals surface area contributed by atoms with Gasteiger partial charge in [-0.3, -0.25) is 0 Å². The molecule has 0 fully saturated rings. The van der Waals surface area contributed by atoms with Gasteiger partial charge < -0.3 is 4.74 Å². The second kappa shape index (κ2) is 5.90. The van der Waals surface area contributed by atoms with Crippen LogP contribution in [0.2, 0.25) is 0 Å². The number of nitrogens with zero attached hydrogens (tertiary/aromatic N) is 5. The van der Waals surface area contributed by atoms with E-state index in [1.807, 2.05) is 0 Å². The molecule has 2 aromatic rings. The first-order valence-electron chi connectivity index (χ1n) is 6.04. The van der Waals surface area contributed by atoms with Crippen molar-refractivity contribution in [2.45, 2.75) is 13.8 Å². The Balaban J connectivity index is 2.34. The molecule has 0 atom stereocenters. The van der Waals surface area contributed by atoms with E-state index in [9.17, 15) is 4.79 Å². The molecule has 1 aromatic carbocycles. The maximum Gasteiger partial charge on any atom is 0.341 e. The van der Waals surface area contributed by atoms with Gasteiger partial charge in [-0.2, -0.15) is 5.10 Å². The summed E-state index contributed by atoms with van der Waals surface area (Å²) in [7, 11) is 0. The van der Waals surface area contributed by atoms with Gasteiger partial charge in [0.25, 0.3) is 0 Å². The van der Waals surface area contributed by atoms with E-state index in [-0.39, 0.29) is 5.97 Å². The third-order valence-electron chi connectivity index (χ3n) is 2.76. The first-order chi connectivity index (χ1) is 9.67. The van der Waals surface area contributed by atoms with Crippen molar-refractivity contribution < 1.29 is 9.53 Å². The van der Waals surface area contributed by atoms with Crippen LogP contribution < -0.4 is 0 Å². The lowest BCUT2D eigenvalue weighted by Crippen LogP contribution is -2.06.